The molecular weight excluding hydrogens is 434 g/mol. The maximum atomic E-state index is 13.4. The van der Waals surface area contributed by atoms with Crippen LogP contribution in [0.2, 0.25) is 5.02 Å². The lowest BCUT2D eigenvalue weighted by Crippen LogP contribution is -2.39. The van der Waals surface area contributed by atoms with Gasteiger partial charge in [0.25, 0.3) is 5.91 Å². The SMILES string of the molecule is O=C(C1=C(O)C(=O)N(c2nc3ccccc3s2)C1C1=CCCN=C1)c1ccc(Cl)cc1. The Bertz CT molecular complexity index is 1270. The van der Waals surface area contributed by atoms with Gasteiger partial charge < -0.3 is 5.11 Å². The van der Waals surface area contributed by atoms with Crippen LogP contribution in [0.4, 0.5) is 5.13 Å². The highest BCUT2D eigenvalue weighted by Crippen LogP contribution is 2.39. The number of thiazole rings is 1. The monoisotopic (exact) mass is 449 g/mol. The van der Waals surface area contributed by atoms with Crippen LogP contribution >= 0.6 is 22.9 Å². The number of ketones is 1. The van der Waals surface area contributed by atoms with Crippen LogP contribution in [-0.2, 0) is 4.79 Å². The zero-order chi connectivity index (χ0) is 21.5. The summed E-state index contributed by atoms with van der Waals surface area (Å²) in [5.41, 5.74) is 1.78. The standard InChI is InChI=1S/C23H16ClN3O3S/c24-15-9-7-13(8-10-15)20(28)18-19(14-4-3-11-25-12-14)27(22(30)21(18)29)23-26-16-5-1-2-6-17(16)31-23/h1-2,4-10,12,19,29H,3,11H2. The molecule has 6 nitrogen and oxygen atoms in total. The summed E-state index contributed by atoms with van der Waals surface area (Å²) in [6, 6.07) is 13.1. The molecule has 2 aromatic carbocycles. The lowest BCUT2D eigenvalue weighted by Gasteiger charge is -2.26. The molecule has 3 aromatic rings. The number of fused-ring (bicyclic) bond motifs is 1. The van der Waals surface area contributed by atoms with E-state index < -0.39 is 23.5 Å². The number of dihydropyridines is 1. The number of aromatic nitrogens is 1. The highest BCUT2D eigenvalue weighted by atomic mass is 35.5. The van der Waals surface area contributed by atoms with E-state index in [2.05, 4.69) is 9.98 Å². The fourth-order valence-electron chi connectivity index (χ4n) is 3.78. The molecule has 154 valence electrons. The lowest BCUT2D eigenvalue weighted by molar-refractivity contribution is -0.116. The Kier molecular flexibility index (Phi) is 4.92. The Morgan fingerprint density at radius 1 is 1.16 bits per heavy atom. The van der Waals surface area contributed by atoms with Crippen LogP contribution in [0.1, 0.15) is 16.8 Å². The fraction of sp³-hybridized carbons (Fsp3) is 0.130. The molecule has 1 amide bonds. The van der Waals surface area contributed by atoms with Crippen LogP contribution in [0.25, 0.3) is 10.2 Å². The van der Waals surface area contributed by atoms with E-state index in [1.54, 1.807) is 30.5 Å². The summed E-state index contributed by atoms with van der Waals surface area (Å²) in [4.78, 5) is 36.9. The number of carbonyl (C=O) groups is 2. The highest BCUT2D eigenvalue weighted by molar-refractivity contribution is 7.22. The fourth-order valence-corrected chi connectivity index (χ4v) is 4.90. The minimum atomic E-state index is -0.805. The van der Waals surface area contributed by atoms with Crippen molar-refractivity contribution in [3.05, 3.63) is 82.1 Å². The Morgan fingerprint density at radius 2 is 1.94 bits per heavy atom. The van der Waals surface area contributed by atoms with Gasteiger partial charge in [-0.1, -0.05) is 41.1 Å². The number of nitrogens with zero attached hydrogens (tertiary/aromatic N) is 3. The number of rotatable bonds is 4. The first-order valence-electron chi connectivity index (χ1n) is 9.67. The van der Waals surface area contributed by atoms with Crippen molar-refractivity contribution in [2.75, 3.05) is 11.4 Å². The lowest BCUT2D eigenvalue weighted by atomic mass is 9.92. The minimum absolute atomic E-state index is 0.0196. The van der Waals surface area contributed by atoms with Crippen molar-refractivity contribution in [1.29, 1.82) is 0 Å². The molecule has 0 saturated heterocycles. The summed E-state index contributed by atoms with van der Waals surface area (Å²) in [7, 11) is 0. The largest absolute Gasteiger partial charge is 0.503 e. The Hall–Kier alpha value is -3.29. The van der Waals surface area contributed by atoms with Gasteiger partial charge in [0, 0.05) is 23.3 Å². The number of aliphatic hydroxyl groups is 1. The van der Waals surface area contributed by atoms with Crippen molar-refractivity contribution < 1.29 is 14.7 Å². The van der Waals surface area contributed by atoms with Gasteiger partial charge in [-0.05, 0) is 48.4 Å². The predicted molar refractivity (Wildman–Crippen MR) is 122 cm³/mol. The van der Waals surface area contributed by atoms with Crippen LogP contribution in [0.15, 0.2) is 76.5 Å². The second-order valence-electron chi connectivity index (χ2n) is 7.17. The third-order valence-corrected chi connectivity index (χ3v) is 6.53. The van der Waals surface area contributed by atoms with Gasteiger partial charge in [0.2, 0.25) is 0 Å². The molecule has 3 heterocycles. The molecule has 1 atom stereocenters. The number of hydrogen-bond donors (Lipinski definition) is 1. The number of Topliss-reactive ketones (excluding diaryl/α,β-unsaturated/α-hetero) is 1. The molecular formula is C23H16ClN3O3S. The first-order chi connectivity index (χ1) is 15.0. The van der Waals surface area contributed by atoms with E-state index in [4.69, 9.17) is 11.6 Å². The molecule has 0 radical (unpaired) electrons. The summed E-state index contributed by atoms with van der Waals surface area (Å²) in [6.45, 7) is 0.640. The number of amides is 1. The normalized spacial score (nSPS) is 18.7. The van der Waals surface area contributed by atoms with Gasteiger partial charge in [-0.2, -0.15) is 0 Å². The van der Waals surface area contributed by atoms with Crippen molar-refractivity contribution in [3.8, 4) is 0 Å². The number of aliphatic imine (C=N–C) groups is 1. The predicted octanol–water partition coefficient (Wildman–Crippen LogP) is 4.76. The summed E-state index contributed by atoms with van der Waals surface area (Å²) in [6.07, 6.45) is 4.29. The third-order valence-electron chi connectivity index (χ3n) is 5.24. The molecule has 1 N–H and O–H groups in total. The molecule has 0 bridgehead atoms. The molecule has 31 heavy (non-hydrogen) atoms. The first-order valence-corrected chi connectivity index (χ1v) is 10.9. The maximum absolute atomic E-state index is 13.4. The average Bonchev–Trinajstić information content (AvgIpc) is 3.33. The van der Waals surface area contributed by atoms with Crippen LogP contribution in [0, 0.1) is 0 Å². The average molecular weight is 450 g/mol. The van der Waals surface area contributed by atoms with Gasteiger partial charge in [0.05, 0.1) is 21.8 Å². The zero-order valence-electron chi connectivity index (χ0n) is 16.2. The van der Waals surface area contributed by atoms with Crippen LogP contribution < -0.4 is 4.90 Å². The van der Waals surface area contributed by atoms with E-state index in [9.17, 15) is 14.7 Å². The molecule has 2 aliphatic rings. The summed E-state index contributed by atoms with van der Waals surface area (Å²) < 4.78 is 0.910. The summed E-state index contributed by atoms with van der Waals surface area (Å²) >= 11 is 7.29. The number of carbonyl (C=O) groups excluding carboxylic acids is 2. The van der Waals surface area contributed by atoms with Crippen LogP contribution in [0.3, 0.4) is 0 Å². The third kappa shape index (κ3) is 3.36. The van der Waals surface area contributed by atoms with Gasteiger partial charge in [0.1, 0.15) is 0 Å². The van der Waals surface area contributed by atoms with Gasteiger partial charge in [-0.15, -0.1) is 0 Å². The Labute approximate surface area is 186 Å². The van der Waals surface area contributed by atoms with E-state index >= 15 is 0 Å². The molecule has 0 fully saturated rings. The molecule has 1 aromatic heterocycles. The number of para-hydroxylation sites is 1. The Balaban J connectivity index is 1.65. The van der Waals surface area contributed by atoms with E-state index in [0.29, 0.717) is 34.3 Å². The molecule has 0 spiro atoms. The molecule has 5 rings (SSSR count). The van der Waals surface area contributed by atoms with Crippen molar-refractivity contribution in [2.45, 2.75) is 12.5 Å². The molecule has 0 saturated carbocycles. The topological polar surface area (TPSA) is 82.9 Å². The van der Waals surface area contributed by atoms with E-state index in [0.717, 1.165) is 10.2 Å². The summed E-state index contributed by atoms with van der Waals surface area (Å²) in [5.74, 6) is -1.65. The Morgan fingerprint density at radius 3 is 2.65 bits per heavy atom. The van der Waals surface area contributed by atoms with E-state index in [1.165, 1.54) is 16.2 Å². The van der Waals surface area contributed by atoms with Crippen LogP contribution in [-0.4, -0.2) is 40.6 Å². The van der Waals surface area contributed by atoms with Gasteiger partial charge in [-0.3, -0.25) is 19.5 Å². The second-order valence-corrected chi connectivity index (χ2v) is 8.61. The van der Waals surface area contributed by atoms with E-state index in [1.807, 2.05) is 30.3 Å². The maximum Gasteiger partial charge on any atom is 0.296 e. The van der Waals surface area contributed by atoms with Gasteiger partial charge in [-0.25, -0.2) is 4.98 Å². The molecule has 0 aliphatic carbocycles. The number of halogens is 1. The molecule has 1 unspecified atom stereocenters. The van der Waals surface area contributed by atoms with Crippen molar-refractivity contribution >= 4 is 56.2 Å². The van der Waals surface area contributed by atoms with Crippen molar-refractivity contribution in [2.24, 2.45) is 4.99 Å². The molecule has 2 aliphatic heterocycles. The first kappa shape index (κ1) is 19.7. The zero-order valence-corrected chi connectivity index (χ0v) is 17.7. The molecule has 8 heteroatoms. The number of benzene rings is 2. The van der Waals surface area contributed by atoms with Crippen molar-refractivity contribution in [3.63, 3.8) is 0 Å². The highest BCUT2D eigenvalue weighted by Gasteiger charge is 2.46. The minimum Gasteiger partial charge on any atom is -0.503 e. The number of anilines is 1. The smallest absolute Gasteiger partial charge is 0.296 e. The van der Waals surface area contributed by atoms with Gasteiger partial charge in [0.15, 0.2) is 16.7 Å². The van der Waals surface area contributed by atoms with E-state index in [-0.39, 0.29) is 5.57 Å². The van der Waals surface area contributed by atoms with Gasteiger partial charge >= 0.3 is 0 Å². The number of aliphatic hydroxyl groups excluding tert-OH is 1. The number of hydrogen-bond acceptors (Lipinski definition) is 6. The van der Waals surface area contributed by atoms with Crippen molar-refractivity contribution in [1.82, 2.24) is 4.98 Å². The quantitative estimate of drug-likeness (QED) is 0.582. The summed E-state index contributed by atoms with van der Waals surface area (Å²) in [5, 5.41) is 11.7. The van der Waals surface area contributed by atoms with Crippen LogP contribution in [0.5, 0.6) is 0 Å². The second kappa shape index (κ2) is 7.76.